The number of hydrogen-bond donors (Lipinski definition) is 0. The van der Waals surface area contributed by atoms with E-state index >= 15 is 0 Å². The molecule has 1 aromatic rings. The minimum Gasteiger partial charge on any atom is -0.497 e. The van der Waals surface area contributed by atoms with Gasteiger partial charge >= 0.3 is 0 Å². The molecule has 0 radical (unpaired) electrons. The van der Waals surface area contributed by atoms with Gasteiger partial charge in [0.05, 0.1) is 24.4 Å². The molecule has 0 bridgehead atoms. The first kappa shape index (κ1) is 10.0. The van der Waals surface area contributed by atoms with Crippen LogP contribution >= 0.6 is 0 Å². The lowest BCUT2D eigenvalue weighted by atomic mass is 10.1. The molecule has 1 aromatic carbocycles. The largest absolute Gasteiger partial charge is 0.497 e. The molecule has 0 saturated carbocycles. The first-order chi connectivity index (χ1) is 6.72. The van der Waals surface area contributed by atoms with Gasteiger partial charge in [-0.3, -0.25) is 4.99 Å². The molecule has 3 nitrogen and oxygen atoms in total. The van der Waals surface area contributed by atoms with E-state index in [1.54, 1.807) is 25.3 Å². The molecule has 0 aromatic heterocycles. The van der Waals surface area contributed by atoms with Crippen LogP contribution in [0.3, 0.4) is 0 Å². The summed E-state index contributed by atoms with van der Waals surface area (Å²) in [5.74, 6) is 0.670. The van der Waals surface area contributed by atoms with E-state index in [2.05, 4.69) is 18.3 Å². The molecule has 70 valence electrons. The van der Waals surface area contributed by atoms with E-state index in [0.717, 1.165) is 0 Å². The number of methoxy groups -OCH3 is 1. The van der Waals surface area contributed by atoms with Crippen LogP contribution in [0.15, 0.2) is 29.8 Å². The third-order valence-corrected chi connectivity index (χ3v) is 1.83. The number of rotatable bonds is 3. The number of hydrogen-bond acceptors (Lipinski definition) is 3. The Balaban J connectivity index is 3.30. The lowest BCUT2D eigenvalue weighted by Gasteiger charge is -2.05. The Bertz CT molecular complexity index is 416. The average Bonchev–Trinajstić information content (AvgIpc) is 2.27. The molecule has 0 fully saturated rings. The van der Waals surface area contributed by atoms with Gasteiger partial charge < -0.3 is 4.74 Å². The van der Waals surface area contributed by atoms with Crippen LogP contribution in [-0.4, -0.2) is 13.8 Å². The second-order valence-corrected chi connectivity index (χ2v) is 2.63. The van der Waals surface area contributed by atoms with Gasteiger partial charge in [0, 0.05) is 5.56 Å². The molecule has 0 heterocycles. The molecule has 1 rings (SSSR count). The Morgan fingerprint density at radius 1 is 1.57 bits per heavy atom. The zero-order valence-corrected chi connectivity index (χ0v) is 7.95. The predicted molar refractivity (Wildman–Crippen MR) is 56.9 cm³/mol. The monoisotopic (exact) mass is 186 g/mol. The highest BCUT2D eigenvalue weighted by atomic mass is 16.5. The van der Waals surface area contributed by atoms with Gasteiger partial charge in [-0.25, -0.2) is 0 Å². The van der Waals surface area contributed by atoms with Crippen molar-refractivity contribution in [2.24, 2.45) is 4.99 Å². The quantitative estimate of drug-likeness (QED) is 0.538. The summed E-state index contributed by atoms with van der Waals surface area (Å²) in [5, 5.41) is 8.72. The molecule has 0 amide bonds. The summed E-state index contributed by atoms with van der Waals surface area (Å²) in [4.78, 5) is 3.80. The maximum absolute atomic E-state index is 8.72. The zero-order chi connectivity index (χ0) is 10.6. The fourth-order valence-electron chi connectivity index (χ4n) is 1.08. The van der Waals surface area contributed by atoms with Crippen LogP contribution in [0.25, 0.3) is 5.57 Å². The SMILES string of the molecule is C=Nc1ccc(OC)cc1C(=C)C#N. The van der Waals surface area contributed by atoms with Crippen LogP contribution < -0.4 is 4.74 Å². The first-order valence-electron chi connectivity index (χ1n) is 3.97. The van der Waals surface area contributed by atoms with Crippen LogP contribution in [-0.2, 0) is 0 Å². The number of nitrogens with zero attached hydrogens (tertiary/aromatic N) is 2. The minimum absolute atomic E-state index is 0.353. The van der Waals surface area contributed by atoms with Crippen molar-refractivity contribution in [3.63, 3.8) is 0 Å². The van der Waals surface area contributed by atoms with Crippen molar-refractivity contribution in [2.75, 3.05) is 7.11 Å². The molecule has 0 spiro atoms. The lowest BCUT2D eigenvalue weighted by molar-refractivity contribution is 0.414. The van der Waals surface area contributed by atoms with Gasteiger partial charge in [-0.1, -0.05) is 6.58 Å². The van der Waals surface area contributed by atoms with Crippen molar-refractivity contribution in [2.45, 2.75) is 0 Å². The van der Waals surface area contributed by atoms with Gasteiger partial charge in [-0.15, -0.1) is 0 Å². The van der Waals surface area contributed by atoms with Gasteiger partial charge in [0.15, 0.2) is 0 Å². The van der Waals surface area contributed by atoms with E-state index in [1.165, 1.54) is 0 Å². The Labute approximate surface area is 83.0 Å². The Morgan fingerprint density at radius 3 is 2.79 bits per heavy atom. The summed E-state index contributed by atoms with van der Waals surface area (Å²) >= 11 is 0. The van der Waals surface area contributed by atoms with Gasteiger partial charge in [-0.2, -0.15) is 5.26 Å². The van der Waals surface area contributed by atoms with Crippen molar-refractivity contribution in [3.8, 4) is 11.8 Å². The van der Waals surface area contributed by atoms with Crippen molar-refractivity contribution in [1.29, 1.82) is 5.26 Å². The second-order valence-electron chi connectivity index (χ2n) is 2.63. The minimum atomic E-state index is 0.353. The smallest absolute Gasteiger partial charge is 0.119 e. The van der Waals surface area contributed by atoms with Crippen LogP contribution in [0.5, 0.6) is 5.75 Å². The summed E-state index contributed by atoms with van der Waals surface area (Å²) in [6, 6.07) is 7.19. The molecular formula is C11H10N2O. The molecule has 0 aliphatic carbocycles. The van der Waals surface area contributed by atoms with Gasteiger partial charge in [0.1, 0.15) is 5.75 Å². The van der Waals surface area contributed by atoms with Crippen LogP contribution in [0, 0.1) is 11.3 Å². The van der Waals surface area contributed by atoms with Gasteiger partial charge in [0.25, 0.3) is 0 Å². The maximum Gasteiger partial charge on any atom is 0.119 e. The van der Waals surface area contributed by atoms with Gasteiger partial charge in [-0.05, 0) is 24.9 Å². The highest BCUT2D eigenvalue weighted by Gasteiger charge is 2.05. The maximum atomic E-state index is 8.72. The highest BCUT2D eigenvalue weighted by molar-refractivity contribution is 5.82. The van der Waals surface area contributed by atoms with E-state index in [4.69, 9.17) is 10.00 Å². The van der Waals surface area contributed by atoms with E-state index < -0.39 is 0 Å². The number of aliphatic imine (C=N–C) groups is 1. The van der Waals surface area contributed by atoms with E-state index in [1.807, 2.05) is 6.07 Å². The van der Waals surface area contributed by atoms with E-state index in [9.17, 15) is 0 Å². The number of nitriles is 1. The standard InChI is InChI=1S/C11H10N2O/c1-8(7-12)10-6-9(14-3)4-5-11(10)13-2/h4-6H,1-2H2,3H3. The fraction of sp³-hybridized carbons (Fsp3) is 0.0909. The topological polar surface area (TPSA) is 45.4 Å². The Kier molecular flexibility index (Phi) is 3.03. The van der Waals surface area contributed by atoms with Crippen LogP contribution in [0.4, 0.5) is 5.69 Å². The highest BCUT2D eigenvalue weighted by Crippen LogP contribution is 2.28. The molecule has 0 unspecified atom stereocenters. The predicted octanol–water partition coefficient (Wildman–Crippen LogP) is 2.56. The third-order valence-electron chi connectivity index (χ3n) is 1.83. The summed E-state index contributed by atoms with van der Waals surface area (Å²) in [5.41, 5.74) is 1.64. The number of ether oxygens (including phenoxy) is 1. The molecule has 0 saturated heterocycles. The van der Waals surface area contributed by atoms with Gasteiger partial charge in [0.2, 0.25) is 0 Å². The third kappa shape index (κ3) is 1.80. The van der Waals surface area contributed by atoms with Crippen LogP contribution in [0.1, 0.15) is 5.56 Å². The normalized spacial score (nSPS) is 8.86. The molecular weight excluding hydrogens is 176 g/mol. The number of benzene rings is 1. The lowest BCUT2D eigenvalue weighted by Crippen LogP contribution is -1.86. The number of allylic oxidation sites excluding steroid dienone is 1. The first-order valence-corrected chi connectivity index (χ1v) is 3.97. The molecule has 3 heteroatoms. The average molecular weight is 186 g/mol. The fourth-order valence-corrected chi connectivity index (χ4v) is 1.08. The molecule has 0 atom stereocenters. The van der Waals surface area contributed by atoms with E-state index in [0.29, 0.717) is 22.6 Å². The van der Waals surface area contributed by atoms with E-state index in [-0.39, 0.29) is 0 Å². The Hall–Kier alpha value is -2.08. The summed E-state index contributed by atoms with van der Waals surface area (Å²) in [7, 11) is 1.56. The zero-order valence-electron chi connectivity index (χ0n) is 7.95. The van der Waals surface area contributed by atoms with Crippen molar-refractivity contribution < 1.29 is 4.74 Å². The summed E-state index contributed by atoms with van der Waals surface area (Å²) in [6.45, 7) is 7.05. The summed E-state index contributed by atoms with van der Waals surface area (Å²) < 4.78 is 5.04. The van der Waals surface area contributed by atoms with Crippen LogP contribution in [0.2, 0.25) is 0 Å². The molecule has 0 aliphatic heterocycles. The molecule has 0 aliphatic rings. The molecule has 14 heavy (non-hydrogen) atoms. The summed E-state index contributed by atoms with van der Waals surface area (Å²) in [6.07, 6.45) is 0. The Morgan fingerprint density at radius 2 is 2.29 bits per heavy atom. The second kappa shape index (κ2) is 4.24. The van der Waals surface area contributed by atoms with Crippen molar-refractivity contribution >= 4 is 18.0 Å². The van der Waals surface area contributed by atoms with Crippen molar-refractivity contribution in [3.05, 3.63) is 30.3 Å². The van der Waals surface area contributed by atoms with Crippen molar-refractivity contribution in [1.82, 2.24) is 0 Å². The molecule has 0 N–H and O–H groups in total.